The van der Waals surface area contributed by atoms with Crippen LogP contribution in [0.3, 0.4) is 0 Å². The lowest BCUT2D eigenvalue weighted by Gasteiger charge is -2.58. The van der Waals surface area contributed by atoms with Gasteiger partial charge in [0.15, 0.2) is 0 Å². The third-order valence-corrected chi connectivity index (χ3v) is 16.2. The van der Waals surface area contributed by atoms with Crippen molar-refractivity contribution in [2.24, 2.45) is 52.1 Å². The third-order valence-electron chi connectivity index (χ3n) is 16.2. The number of ether oxygens (including phenoxy) is 3. The monoisotopic (exact) mass is 824 g/mol. The summed E-state index contributed by atoms with van der Waals surface area (Å²) in [6, 6.07) is 0. The second-order valence-corrected chi connectivity index (χ2v) is 21.3. The van der Waals surface area contributed by atoms with Gasteiger partial charge in [0, 0.05) is 19.8 Å². The molecule has 4 rings (SSSR count). The van der Waals surface area contributed by atoms with Crippen LogP contribution in [0.2, 0.25) is 0 Å². The van der Waals surface area contributed by atoms with E-state index in [-0.39, 0.29) is 6.61 Å². The Morgan fingerprint density at radius 2 is 1.39 bits per heavy atom. The maximum atomic E-state index is 9.89. The first kappa shape index (κ1) is 50.7. The van der Waals surface area contributed by atoms with Crippen LogP contribution in [-0.4, -0.2) is 56.4 Å². The summed E-state index contributed by atoms with van der Waals surface area (Å²) in [5.41, 5.74) is 8.35. The Balaban J connectivity index is 0.976. The van der Waals surface area contributed by atoms with E-state index in [1.54, 1.807) is 5.57 Å². The Bertz CT molecular complexity index is 1210. The van der Waals surface area contributed by atoms with Crippen LogP contribution in [0.5, 0.6) is 0 Å². The molecule has 3 N–H and O–H groups in total. The lowest BCUT2D eigenvalue weighted by atomic mass is 9.47. The third kappa shape index (κ3) is 16.3. The summed E-state index contributed by atoms with van der Waals surface area (Å²) in [5.74, 6) is 5.44. The molecule has 0 aliphatic heterocycles. The van der Waals surface area contributed by atoms with Crippen molar-refractivity contribution in [3.8, 4) is 0 Å². The fourth-order valence-corrected chi connectivity index (χ4v) is 12.5. The van der Waals surface area contributed by atoms with Gasteiger partial charge in [-0.1, -0.05) is 148 Å². The van der Waals surface area contributed by atoms with Crippen molar-refractivity contribution in [2.45, 2.75) is 220 Å². The van der Waals surface area contributed by atoms with Crippen LogP contribution < -0.4 is 5.73 Å². The average Bonchev–Trinajstić information content (AvgIpc) is 3.58. The maximum Gasteiger partial charge on any atom is 0.0862 e. The molecule has 0 heterocycles. The van der Waals surface area contributed by atoms with Crippen LogP contribution >= 0.6 is 0 Å². The molecule has 0 saturated heterocycles. The van der Waals surface area contributed by atoms with Gasteiger partial charge in [0.2, 0.25) is 0 Å². The standard InChI is InChI=1S/C54H97NO4/c1-7-8-9-10-11-12-13-14-15-17-20-23-37-57-42-54(55,41-56)43-58-38-24-21-18-16-19-22-25-39-59-47-33-35-52(5)46(40-47)29-30-48-50-32-31-49(45(4)28-26-27-44(2)3)53(50,6)36-34-51(48)52/h7-8,10-11,29,44-45,47-51,56H,9,12-28,30-43,55H2,1-6H3/b8-7-,11-10-. The molecule has 0 radical (unpaired) electrons. The fraction of sp³-hybridized carbons (Fsp3) is 0.889. The normalized spacial score (nSPS) is 29.8. The topological polar surface area (TPSA) is 73.9 Å². The molecule has 0 spiro atoms. The van der Waals surface area contributed by atoms with Crippen molar-refractivity contribution in [3.63, 3.8) is 0 Å². The molecular weight excluding hydrogens is 727 g/mol. The van der Waals surface area contributed by atoms with Crippen LogP contribution in [0.15, 0.2) is 36.0 Å². The second-order valence-electron chi connectivity index (χ2n) is 21.3. The Kier molecular flexibility index (Phi) is 23.4. The van der Waals surface area contributed by atoms with Crippen molar-refractivity contribution < 1.29 is 19.3 Å². The number of fused-ring (bicyclic) bond motifs is 5. The molecule has 5 nitrogen and oxygen atoms in total. The van der Waals surface area contributed by atoms with E-state index in [1.165, 1.54) is 148 Å². The summed E-state index contributed by atoms with van der Waals surface area (Å²) in [6.45, 7) is 17.8. The number of aliphatic hydroxyl groups excluding tert-OH is 1. The number of allylic oxidation sites excluding steroid dienone is 5. The lowest BCUT2D eigenvalue weighted by molar-refractivity contribution is -0.0641. The van der Waals surface area contributed by atoms with Crippen LogP contribution in [0.25, 0.3) is 0 Å². The van der Waals surface area contributed by atoms with Crippen molar-refractivity contribution >= 4 is 0 Å². The van der Waals surface area contributed by atoms with Gasteiger partial charge in [0.05, 0.1) is 31.5 Å². The summed E-state index contributed by atoms with van der Waals surface area (Å²) in [5, 5.41) is 9.89. The Labute approximate surface area is 365 Å². The molecule has 0 bridgehead atoms. The van der Waals surface area contributed by atoms with Gasteiger partial charge in [0.25, 0.3) is 0 Å². The van der Waals surface area contributed by atoms with Gasteiger partial charge in [-0.2, -0.15) is 0 Å². The van der Waals surface area contributed by atoms with E-state index >= 15 is 0 Å². The quantitative estimate of drug-likeness (QED) is 0.0522. The van der Waals surface area contributed by atoms with Crippen LogP contribution in [0.4, 0.5) is 0 Å². The predicted octanol–water partition coefficient (Wildman–Crippen LogP) is 14.1. The molecule has 59 heavy (non-hydrogen) atoms. The first-order valence-electron chi connectivity index (χ1n) is 25.7. The van der Waals surface area contributed by atoms with E-state index in [9.17, 15) is 5.11 Å². The van der Waals surface area contributed by atoms with E-state index in [4.69, 9.17) is 19.9 Å². The van der Waals surface area contributed by atoms with Crippen molar-refractivity contribution in [2.75, 3.05) is 39.6 Å². The number of hydrogen-bond acceptors (Lipinski definition) is 5. The molecule has 9 unspecified atom stereocenters. The van der Waals surface area contributed by atoms with Gasteiger partial charge in [-0.3, -0.25) is 0 Å². The van der Waals surface area contributed by atoms with Crippen LogP contribution in [0, 0.1) is 46.3 Å². The number of hydrogen-bond donors (Lipinski definition) is 2. The lowest BCUT2D eigenvalue weighted by Crippen LogP contribution is -2.52. The maximum absolute atomic E-state index is 9.89. The molecule has 5 heteroatoms. The van der Waals surface area contributed by atoms with E-state index in [2.05, 4.69) is 71.9 Å². The van der Waals surface area contributed by atoms with Gasteiger partial charge >= 0.3 is 0 Å². The average molecular weight is 824 g/mol. The highest BCUT2D eigenvalue weighted by Crippen LogP contribution is 2.67. The van der Waals surface area contributed by atoms with E-state index in [1.807, 2.05) is 0 Å². The molecule has 342 valence electrons. The first-order chi connectivity index (χ1) is 28.6. The highest BCUT2D eigenvalue weighted by atomic mass is 16.5. The molecule has 0 aromatic rings. The van der Waals surface area contributed by atoms with E-state index in [0.717, 1.165) is 61.4 Å². The summed E-state index contributed by atoms with van der Waals surface area (Å²) in [6.07, 6.45) is 45.5. The molecule has 9 atom stereocenters. The summed E-state index contributed by atoms with van der Waals surface area (Å²) in [7, 11) is 0. The summed E-state index contributed by atoms with van der Waals surface area (Å²) in [4.78, 5) is 0. The smallest absolute Gasteiger partial charge is 0.0862 e. The minimum atomic E-state index is -0.807. The fourth-order valence-electron chi connectivity index (χ4n) is 12.5. The van der Waals surface area contributed by atoms with Gasteiger partial charge in [0.1, 0.15) is 0 Å². The Morgan fingerprint density at radius 1 is 0.746 bits per heavy atom. The largest absolute Gasteiger partial charge is 0.394 e. The summed E-state index contributed by atoms with van der Waals surface area (Å²) < 4.78 is 18.3. The Morgan fingerprint density at radius 3 is 2.03 bits per heavy atom. The molecule has 4 aliphatic carbocycles. The number of rotatable bonds is 32. The van der Waals surface area contributed by atoms with Gasteiger partial charge in [-0.15, -0.1) is 0 Å². The second kappa shape index (κ2) is 27.3. The molecular formula is C54H97NO4. The number of aliphatic hydroxyl groups is 1. The zero-order valence-corrected chi connectivity index (χ0v) is 39.8. The van der Waals surface area contributed by atoms with Crippen LogP contribution in [0.1, 0.15) is 208 Å². The minimum absolute atomic E-state index is 0.114. The zero-order chi connectivity index (χ0) is 42.4. The van der Waals surface area contributed by atoms with Gasteiger partial charge in [-0.05, 0) is 143 Å². The summed E-state index contributed by atoms with van der Waals surface area (Å²) >= 11 is 0. The highest BCUT2D eigenvalue weighted by molar-refractivity contribution is 5.25. The van der Waals surface area contributed by atoms with Gasteiger partial charge < -0.3 is 25.1 Å². The van der Waals surface area contributed by atoms with Crippen molar-refractivity contribution in [1.82, 2.24) is 0 Å². The molecule has 0 aromatic heterocycles. The number of unbranched alkanes of at least 4 members (excludes halogenated alkanes) is 12. The molecule has 0 aromatic carbocycles. The molecule has 3 saturated carbocycles. The van der Waals surface area contributed by atoms with Crippen molar-refractivity contribution in [3.05, 3.63) is 36.0 Å². The van der Waals surface area contributed by atoms with Crippen LogP contribution in [-0.2, 0) is 14.2 Å². The van der Waals surface area contributed by atoms with E-state index in [0.29, 0.717) is 43.4 Å². The number of nitrogens with two attached hydrogens (primary N) is 1. The molecule has 3 fully saturated rings. The zero-order valence-electron chi connectivity index (χ0n) is 39.8. The SMILES string of the molecule is C/C=C\C/C=C\CCCCCCCCOCC(N)(CO)COCCCCCCCCCOC1CCC2(C)C(=CCC3C2CCC2(C)C(C(C)CCCC(C)C)CCC32)C1. The minimum Gasteiger partial charge on any atom is -0.394 e. The molecule has 0 amide bonds. The van der Waals surface area contributed by atoms with E-state index < -0.39 is 5.54 Å². The predicted molar refractivity (Wildman–Crippen MR) is 252 cm³/mol. The van der Waals surface area contributed by atoms with Crippen molar-refractivity contribution in [1.29, 1.82) is 0 Å². The Hall–Kier alpha value is -0.980. The molecule has 4 aliphatic rings. The highest BCUT2D eigenvalue weighted by Gasteiger charge is 2.59. The van der Waals surface area contributed by atoms with Gasteiger partial charge in [-0.25, -0.2) is 0 Å². The first-order valence-corrected chi connectivity index (χ1v) is 25.7.